The molecule has 0 aromatic carbocycles. The minimum absolute atomic E-state index is 0.00551. The summed E-state index contributed by atoms with van der Waals surface area (Å²) in [5.74, 6) is 0.136. The lowest BCUT2D eigenvalue weighted by Gasteiger charge is -2.19. The molecule has 2 aliphatic rings. The molecule has 2 rings (SSSR count). The Bertz CT molecular complexity index is 416. The molecular weight excluding hydrogens is 202 g/mol. The van der Waals surface area contributed by atoms with Crippen LogP contribution in [0.15, 0.2) is 35.5 Å². The van der Waals surface area contributed by atoms with Crippen molar-refractivity contribution in [3.63, 3.8) is 0 Å². The number of allylic oxidation sites excluding steroid dienone is 3. The second-order valence-corrected chi connectivity index (χ2v) is 4.18. The first-order chi connectivity index (χ1) is 7.68. The zero-order chi connectivity index (χ0) is 11.5. The Morgan fingerprint density at radius 1 is 1.25 bits per heavy atom. The average Bonchev–Trinajstić information content (AvgIpc) is 2.42. The fourth-order valence-corrected chi connectivity index (χ4v) is 1.99. The molecule has 3 heteroatoms. The van der Waals surface area contributed by atoms with Gasteiger partial charge in [0.25, 0.3) is 5.91 Å². The maximum atomic E-state index is 12.0. The summed E-state index contributed by atoms with van der Waals surface area (Å²) in [7, 11) is 1.77. The van der Waals surface area contributed by atoms with Gasteiger partial charge >= 0.3 is 0 Å². The Labute approximate surface area is 95.1 Å². The molecule has 1 aliphatic carbocycles. The van der Waals surface area contributed by atoms with Crippen molar-refractivity contribution in [2.45, 2.75) is 19.3 Å². The van der Waals surface area contributed by atoms with Crippen LogP contribution < -0.4 is 0 Å². The van der Waals surface area contributed by atoms with Crippen LogP contribution in [0.2, 0.25) is 0 Å². The zero-order valence-electron chi connectivity index (χ0n) is 9.40. The molecule has 16 heavy (non-hydrogen) atoms. The average molecular weight is 217 g/mol. The monoisotopic (exact) mass is 217 g/mol. The highest BCUT2D eigenvalue weighted by molar-refractivity contribution is 6.02. The number of likely N-dealkylation sites (N-methyl/N-ethyl adjacent to an activating group) is 1. The molecule has 0 fully saturated rings. The lowest BCUT2D eigenvalue weighted by Crippen LogP contribution is -2.28. The van der Waals surface area contributed by atoms with Gasteiger partial charge in [0, 0.05) is 25.6 Å². The van der Waals surface area contributed by atoms with Crippen LogP contribution in [0.5, 0.6) is 0 Å². The van der Waals surface area contributed by atoms with E-state index in [1.165, 1.54) is 0 Å². The summed E-state index contributed by atoms with van der Waals surface area (Å²) in [6.07, 6.45) is 9.55. The standard InChI is InChI=1S/C13H15NO2/c1-14-8-3-2-7-12(13(14)16)10-5-4-6-11(15)9-10/h2-3,7,9H,4-6,8H2,1H3. The van der Waals surface area contributed by atoms with Crippen molar-refractivity contribution >= 4 is 11.7 Å². The molecule has 0 N–H and O–H groups in total. The number of carbonyl (C=O) groups is 2. The molecule has 0 atom stereocenters. The van der Waals surface area contributed by atoms with Crippen LogP contribution in [-0.4, -0.2) is 30.2 Å². The predicted molar refractivity (Wildman–Crippen MR) is 61.8 cm³/mol. The number of hydrogen-bond donors (Lipinski definition) is 0. The fourth-order valence-electron chi connectivity index (χ4n) is 1.99. The molecule has 0 aromatic rings. The lowest BCUT2D eigenvalue weighted by molar-refractivity contribution is -0.125. The van der Waals surface area contributed by atoms with Crippen LogP contribution in [0, 0.1) is 0 Å². The summed E-state index contributed by atoms with van der Waals surface area (Å²) in [6.45, 7) is 0.625. The Kier molecular flexibility index (Phi) is 3.04. The highest BCUT2D eigenvalue weighted by Crippen LogP contribution is 2.24. The third-order valence-electron chi connectivity index (χ3n) is 2.91. The van der Waals surface area contributed by atoms with Crippen LogP contribution in [0.1, 0.15) is 19.3 Å². The van der Waals surface area contributed by atoms with Crippen molar-refractivity contribution in [2.75, 3.05) is 13.6 Å². The van der Waals surface area contributed by atoms with Gasteiger partial charge in [-0.2, -0.15) is 0 Å². The van der Waals surface area contributed by atoms with Crippen molar-refractivity contribution in [2.24, 2.45) is 0 Å². The summed E-state index contributed by atoms with van der Waals surface area (Å²) < 4.78 is 0. The number of amides is 1. The molecule has 3 nitrogen and oxygen atoms in total. The molecule has 0 spiro atoms. The van der Waals surface area contributed by atoms with E-state index < -0.39 is 0 Å². The summed E-state index contributed by atoms with van der Waals surface area (Å²) in [6, 6.07) is 0. The first-order valence-electron chi connectivity index (χ1n) is 5.54. The highest BCUT2D eigenvalue weighted by Gasteiger charge is 2.21. The highest BCUT2D eigenvalue weighted by atomic mass is 16.2. The number of nitrogens with zero attached hydrogens (tertiary/aromatic N) is 1. The van der Waals surface area contributed by atoms with Gasteiger partial charge in [0.2, 0.25) is 0 Å². The summed E-state index contributed by atoms with van der Waals surface area (Å²) in [4.78, 5) is 25.0. The SMILES string of the molecule is CN1CC=CC=C(C2=CC(=O)CCC2)C1=O. The zero-order valence-corrected chi connectivity index (χ0v) is 9.40. The van der Waals surface area contributed by atoms with E-state index in [4.69, 9.17) is 0 Å². The fraction of sp³-hybridized carbons (Fsp3) is 0.385. The molecule has 0 unspecified atom stereocenters. The first kappa shape index (κ1) is 10.9. The summed E-state index contributed by atoms with van der Waals surface area (Å²) >= 11 is 0. The van der Waals surface area contributed by atoms with E-state index in [9.17, 15) is 9.59 Å². The minimum Gasteiger partial charge on any atom is -0.338 e. The maximum Gasteiger partial charge on any atom is 0.254 e. The molecule has 0 radical (unpaired) electrons. The topological polar surface area (TPSA) is 37.4 Å². The molecule has 0 aromatic heterocycles. The van der Waals surface area contributed by atoms with E-state index in [-0.39, 0.29) is 11.7 Å². The minimum atomic E-state index is 0.00551. The van der Waals surface area contributed by atoms with E-state index in [2.05, 4.69) is 0 Å². The number of rotatable bonds is 1. The third kappa shape index (κ3) is 2.13. The third-order valence-corrected chi connectivity index (χ3v) is 2.91. The van der Waals surface area contributed by atoms with Gasteiger partial charge in [-0.3, -0.25) is 9.59 Å². The molecule has 1 aliphatic heterocycles. The van der Waals surface area contributed by atoms with Crippen LogP contribution in [0.3, 0.4) is 0 Å². The van der Waals surface area contributed by atoms with Gasteiger partial charge in [0.05, 0.1) is 0 Å². The smallest absolute Gasteiger partial charge is 0.254 e. The predicted octanol–water partition coefficient (Wildman–Crippen LogP) is 1.62. The van der Waals surface area contributed by atoms with E-state index in [0.717, 1.165) is 18.4 Å². The Morgan fingerprint density at radius 2 is 2.06 bits per heavy atom. The second kappa shape index (κ2) is 4.47. The van der Waals surface area contributed by atoms with Crippen molar-refractivity contribution in [3.8, 4) is 0 Å². The van der Waals surface area contributed by atoms with Crippen molar-refractivity contribution in [3.05, 3.63) is 35.5 Å². The quantitative estimate of drug-likeness (QED) is 0.669. The Hall–Kier alpha value is -1.64. The number of carbonyl (C=O) groups excluding carboxylic acids is 2. The molecular formula is C13H15NO2. The number of hydrogen-bond acceptors (Lipinski definition) is 2. The van der Waals surface area contributed by atoms with Gasteiger partial charge in [-0.15, -0.1) is 0 Å². The van der Waals surface area contributed by atoms with Gasteiger partial charge in [0.1, 0.15) is 0 Å². The molecule has 84 valence electrons. The van der Waals surface area contributed by atoms with E-state index in [1.807, 2.05) is 18.2 Å². The maximum absolute atomic E-state index is 12.0. The van der Waals surface area contributed by atoms with Crippen LogP contribution in [-0.2, 0) is 9.59 Å². The van der Waals surface area contributed by atoms with Crippen LogP contribution in [0.25, 0.3) is 0 Å². The second-order valence-electron chi connectivity index (χ2n) is 4.18. The normalized spacial score (nSPS) is 21.7. The molecule has 0 bridgehead atoms. The first-order valence-corrected chi connectivity index (χ1v) is 5.54. The molecule has 1 heterocycles. The Morgan fingerprint density at radius 3 is 2.81 bits per heavy atom. The van der Waals surface area contributed by atoms with Gasteiger partial charge in [-0.25, -0.2) is 0 Å². The summed E-state index contributed by atoms with van der Waals surface area (Å²) in [5.41, 5.74) is 1.56. The van der Waals surface area contributed by atoms with Crippen molar-refractivity contribution < 1.29 is 9.59 Å². The Balaban J connectivity index is 2.31. The number of ketones is 1. The molecule has 1 amide bonds. The largest absolute Gasteiger partial charge is 0.338 e. The molecule has 0 saturated heterocycles. The van der Waals surface area contributed by atoms with Gasteiger partial charge in [-0.1, -0.05) is 12.2 Å². The van der Waals surface area contributed by atoms with Crippen molar-refractivity contribution in [1.29, 1.82) is 0 Å². The van der Waals surface area contributed by atoms with Crippen LogP contribution in [0.4, 0.5) is 0 Å². The van der Waals surface area contributed by atoms with E-state index in [1.54, 1.807) is 18.0 Å². The molecule has 0 saturated carbocycles. The van der Waals surface area contributed by atoms with Gasteiger partial charge in [0.15, 0.2) is 5.78 Å². The van der Waals surface area contributed by atoms with Gasteiger partial charge in [-0.05, 0) is 30.6 Å². The lowest BCUT2D eigenvalue weighted by atomic mass is 9.92. The summed E-state index contributed by atoms with van der Waals surface area (Å²) in [5, 5.41) is 0. The van der Waals surface area contributed by atoms with E-state index in [0.29, 0.717) is 18.5 Å². The van der Waals surface area contributed by atoms with E-state index >= 15 is 0 Å². The van der Waals surface area contributed by atoms with Crippen molar-refractivity contribution in [1.82, 2.24) is 4.90 Å². The van der Waals surface area contributed by atoms with Crippen LogP contribution >= 0.6 is 0 Å². The van der Waals surface area contributed by atoms with Gasteiger partial charge < -0.3 is 4.90 Å².